The van der Waals surface area contributed by atoms with Crippen LogP contribution in [0.1, 0.15) is 62.1 Å². The number of hydrogen-bond donors (Lipinski definition) is 2. The fraction of sp³-hybridized carbons (Fsp3) is 0.429. The number of amides is 2. The number of nitrogens with one attached hydrogen (secondary N) is 2. The van der Waals surface area contributed by atoms with Gasteiger partial charge in [0.25, 0.3) is 0 Å². The zero-order chi connectivity index (χ0) is 46.5. The molecule has 68 heavy (non-hydrogen) atoms. The van der Waals surface area contributed by atoms with Crippen LogP contribution in [0.3, 0.4) is 0 Å². The summed E-state index contributed by atoms with van der Waals surface area (Å²) < 4.78 is 30.3. The number of carbonyl (C=O) groups excluding carboxylic acids is 2. The van der Waals surface area contributed by atoms with Crippen molar-refractivity contribution in [2.75, 3.05) is 68.6 Å². The van der Waals surface area contributed by atoms with Gasteiger partial charge in [-0.2, -0.15) is 15.5 Å². The van der Waals surface area contributed by atoms with Crippen molar-refractivity contribution >= 4 is 34.5 Å². The van der Waals surface area contributed by atoms with Crippen molar-refractivity contribution in [3.05, 3.63) is 90.5 Å². The van der Waals surface area contributed by atoms with Crippen molar-refractivity contribution in [1.82, 2.24) is 49.5 Å². The van der Waals surface area contributed by atoms with E-state index in [-0.39, 0.29) is 24.2 Å². The number of carbonyl (C=O) groups is 2. The molecule has 0 spiro atoms. The Balaban J connectivity index is 0.714. The zero-order valence-corrected chi connectivity index (χ0v) is 38.1. The normalized spacial score (nSPS) is 23.2. The number of benzene rings is 1. The summed E-state index contributed by atoms with van der Waals surface area (Å²) in [6.45, 7) is 5.66. The Hall–Kier alpha value is -7.17. The molecule has 10 heterocycles. The molecule has 1 aliphatic carbocycles. The Morgan fingerprint density at radius 1 is 0.838 bits per heavy atom. The minimum absolute atomic E-state index is 0.222. The molecule has 3 unspecified atom stereocenters. The molecule has 2 amide bonds. The highest BCUT2D eigenvalue weighted by molar-refractivity contribution is 6.01. The van der Waals surface area contributed by atoms with E-state index in [2.05, 4.69) is 69.4 Å². The lowest BCUT2D eigenvalue weighted by Gasteiger charge is -2.56. The van der Waals surface area contributed by atoms with Crippen molar-refractivity contribution in [1.29, 1.82) is 5.26 Å². The van der Waals surface area contributed by atoms with Gasteiger partial charge in [0, 0.05) is 118 Å². The van der Waals surface area contributed by atoms with Gasteiger partial charge in [-0.15, -0.1) is 0 Å². The molecule has 3 atom stereocenters. The molecule has 0 radical (unpaired) electrons. The molecule has 12 rings (SSSR count). The van der Waals surface area contributed by atoms with Crippen molar-refractivity contribution < 1.29 is 23.5 Å². The summed E-state index contributed by atoms with van der Waals surface area (Å²) in [6.07, 6.45) is 16.9. The predicted octanol–water partition coefficient (Wildman–Crippen LogP) is 5.06. The standard InChI is InChI=1S/C49H53FN14O4/c1-67-43-19-42(38(50)18-40(43)56-39-9-11-45(65)58-49(39)66)60-15-13-59(14-16-60)34-5-7-35(8-6-34)63-26-33(24-54-63)41-29-64-48(32(20-51)23-55-64)47(57-41)31-4-10-44(52-22-31)61-27-36-17-37(28-61)62(36)25-30-3-12-46(68-2)53-21-30/h3-4,10,12,18-19,21-24,26,29,34-37,39,56H,5-9,11,13-17,25,27-28H2,1-2H3,(H,58,65,66). The Labute approximate surface area is 392 Å². The largest absolute Gasteiger partial charge is 0.495 e. The third-order valence-corrected chi connectivity index (χ3v) is 14.6. The Bertz CT molecular complexity index is 2870. The van der Waals surface area contributed by atoms with Crippen molar-refractivity contribution in [3.8, 4) is 40.2 Å². The molecule has 18 nitrogen and oxygen atoms in total. The average Bonchev–Trinajstić information content (AvgIpc) is 4.05. The molecule has 2 bridgehead atoms. The maximum atomic E-state index is 15.6. The van der Waals surface area contributed by atoms with Gasteiger partial charge in [0.05, 0.1) is 61.6 Å². The van der Waals surface area contributed by atoms with Crippen LogP contribution in [-0.2, 0) is 16.1 Å². The molecule has 5 aliphatic heterocycles. The van der Waals surface area contributed by atoms with Crippen LogP contribution < -0.4 is 29.9 Å². The van der Waals surface area contributed by atoms with Crippen LogP contribution in [0.4, 0.5) is 21.6 Å². The molecule has 2 N–H and O–H groups in total. The highest BCUT2D eigenvalue weighted by atomic mass is 19.1. The lowest BCUT2D eigenvalue weighted by molar-refractivity contribution is -0.133. The molecule has 6 fully saturated rings. The third-order valence-electron chi connectivity index (χ3n) is 14.6. The highest BCUT2D eigenvalue weighted by Crippen LogP contribution is 2.39. The number of methoxy groups -OCH3 is 2. The number of pyridine rings is 2. The molecule has 19 heteroatoms. The second-order valence-electron chi connectivity index (χ2n) is 18.5. The SMILES string of the molecule is COc1ccc(CN2C3CC2CN(c2ccc(-c4nc(-c5cnn(C6CCC(N7CCN(c8cc(OC)c(NC9CCC(=O)NC9=O)cc8F)CC7)CC6)c5)cn5ncc(C#N)c45)cn2)C3)cn1. The molecule has 6 aliphatic rings. The average molecular weight is 921 g/mol. The number of imide groups is 1. The maximum absolute atomic E-state index is 15.6. The molecule has 5 saturated heterocycles. The summed E-state index contributed by atoms with van der Waals surface area (Å²) in [5.74, 6) is 0.876. The predicted molar refractivity (Wildman–Crippen MR) is 251 cm³/mol. The van der Waals surface area contributed by atoms with Gasteiger partial charge in [-0.3, -0.25) is 29.4 Å². The number of ether oxygens (including phenoxy) is 2. The van der Waals surface area contributed by atoms with E-state index in [0.29, 0.717) is 83.1 Å². The van der Waals surface area contributed by atoms with E-state index in [4.69, 9.17) is 24.5 Å². The quantitative estimate of drug-likeness (QED) is 0.155. The number of rotatable bonds is 12. The molecule has 6 aromatic rings. The number of hydrogen-bond acceptors (Lipinski definition) is 15. The van der Waals surface area contributed by atoms with Crippen LogP contribution in [0, 0.1) is 17.1 Å². The Kier molecular flexibility index (Phi) is 11.6. The smallest absolute Gasteiger partial charge is 0.249 e. The molecule has 350 valence electrons. The first-order valence-electron chi connectivity index (χ1n) is 23.5. The molecule has 5 aromatic heterocycles. The highest BCUT2D eigenvalue weighted by Gasteiger charge is 2.45. The van der Waals surface area contributed by atoms with Crippen molar-refractivity contribution in [2.24, 2.45) is 0 Å². The van der Waals surface area contributed by atoms with Gasteiger partial charge in [0.15, 0.2) is 0 Å². The van der Waals surface area contributed by atoms with E-state index in [9.17, 15) is 14.9 Å². The number of halogens is 1. The van der Waals surface area contributed by atoms with Crippen LogP contribution in [0.25, 0.3) is 28.0 Å². The van der Waals surface area contributed by atoms with E-state index >= 15 is 4.39 Å². The van der Waals surface area contributed by atoms with Crippen LogP contribution in [0.5, 0.6) is 11.6 Å². The van der Waals surface area contributed by atoms with E-state index in [1.165, 1.54) is 25.2 Å². The van der Waals surface area contributed by atoms with Crippen molar-refractivity contribution in [2.45, 2.75) is 81.7 Å². The van der Waals surface area contributed by atoms with Crippen LogP contribution in [-0.4, -0.2) is 134 Å². The molecule has 1 saturated carbocycles. The number of fused-ring (bicyclic) bond motifs is 3. The first kappa shape index (κ1) is 43.4. The summed E-state index contributed by atoms with van der Waals surface area (Å²) in [5, 5.41) is 24.8. The van der Waals surface area contributed by atoms with E-state index in [0.717, 1.165) is 75.4 Å². The fourth-order valence-corrected chi connectivity index (χ4v) is 10.9. The number of anilines is 3. The number of piperidine rings is 2. The zero-order valence-electron chi connectivity index (χ0n) is 38.1. The fourth-order valence-electron chi connectivity index (χ4n) is 10.9. The minimum Gasteiger partial charge on any atom is -0.495 e. The summed E-state index contributed by atoms with van der Waals surface area (Å²) >= 11 is 0. The van der Waals surface area contributed by atoms with Crippen LogP contribution in [0.15, 0.2) is 73.6 Å². The second kappa shape index (κ2) is 18.1. The van der Waals surface area contributed by atoms with Gasteiger partial charge < -0.3 is 24.6 Å². The van der Waals surface area contributed by atoms with E-state index in [1.54, 1.807) is 23.9 Å². The summed E-state index contributed by atoms with van der Waals surface area (Å²) in [7, 11) is 3.16. The molecular weight excluding hydrogens is 868 g/mol. The number of piperazine rings is 2. The number of nitriles is 1. The Morgan fingerprint density at radius 2 is 1.65 bits per heavy atom. The van der Waals surface area contributed by atoms with Gasteiger partial charge in [-0.25, -0.2) is 23.9 Å². The topological polar surface area (TPSA) is 187 Å². The monoisotopic (exact) mass is 920 g/mol. The lowest BCUT2D eigenvalue weighted by Crippen LogP contribution is -2.68. The number of nitrogens with zero attached hydrogens (tertiary/aromatic N) is 12. The maximum Gasteiger partial charge on any atom is 0.249 e. The molecular formula is C49H53FN14O4. The Morgan fingerprint density at radius 3 is 2.35 bits per heavy atom. The summed E-state index contributed by atoms with van der Waals surface area (Å²) in [5.41, 5.74) is 6.15. The van der Waals surface area contributed by atoms with E-state index in [1.807, 2.05) is 36.9 Å². The van der Waals surface area contributed by atoms with Crippen LogP contribution >= 0.6 is 0 Å². The summed E-state index contributed by atoms with van der Waals surface area (Å²) in [6, 6.07) is 14.4. The van der Waals surface area contributed by atoms with Gasteiger partial charge in [0.1, 0.15) is 40.6 Å². The summed E-state index contributed by atoms with van der Waals surface area (Å²) in [4.78, 5) is 47.9. The van der Waals surface area contributed by atoms with Gasteiger partial charge >= 0.3 is 0 Å². The van der Waals surface area contributed by atoms with Crippen molar-refractivity contribution in [3.63, 3.8) is 0 Å². The first-order chi connectivity index (χ1) is 33.2. The first-order valence-corrected chi connectivity index (χ1v) is 23.5. The molecule has 1 aromatic carbocycles. The van der Waals surface area contributed by atoms with Gasteiger partial charge in [-0.05, 0) is 56.2 Å². The third kappa shape index (κ3) is 8.31. The van der Waals surface area contributed by atoms with Gasteiger partial charge in [-0.1, -0.05) is 6.07 Å². The second-order valence-corrected chi connectivity index (χ2v) is 18.5. The van der Waals surface area contributed by atoms with Crippen LogP contribution in [0.2, 0.25) is 0 Å². The number of aromatic nitrogens is 7. The lowest BCUT2D eigenvalue weighted by atomic mass is 9.87. The minimum atomic E-state index is -0.642. The van der Waals surface area contributed by atoms with Gasteiger partial charge in [0.2, 0.25) is 17.7 Å². The van der Waals surface area contributed by atoms with E-state index < -0.39 is 11.9 Å².